The van der Waals surface area contributed by atoms with Crippen molar-refractivity contribution in [2.75, 3.05) is 29.9 Å². The van der Waals surface area contributed by atoms with Crippen LogP contribution in [0.25, 0.3) is 0 Å². The van der Waals surface area contributed by atoms with Crippen molar-refractivity contribution in [1.29, 1.82) is 0 Å². The number of anilines is 2. The second-order valence-electron chi connectivity index (χ2n) is 11.7. The summed E-state index contributed by atoms with van der Waals surface area (Å²) in [4.78, 5) is 60.5. The van der Waals surface area contributed by atoms with Gasteiger partial charge >= 0.3 is 4.87 Å². The Labute approximate surface area is 267 Å². The van der Waals surface area contributed by atoms with Gasteiger partial charge in [0, 0.05) is 40.5 Å². The van der Waals surface area contributed by atoms with Crippen LogP contribution < -0.4 is 15.1 Å². The summed E-state index contributed by atoms with van der Waals surface area (Å²) in [5.74, 6) is -1.84. The lowest BCUT2D eigenvalue weighted by Gasteiger charge is -2.43. The smallest absolute Gasteiger partial charge is 0.305 e. The van der Waals surface area contributed by atoms with E-state index in [0.29, 0.717) is 15.7 Å². The van der Waals surface area contributed by atoms with Crippen LogP contribution in [-0.4, -0.2) is 52.5 Å². The fourth-order valence-corrected chi connectivity index (χ4v) is 11.2. The number of fused-ring (bicyclic) bond motifs is 9. The zero-order valence-corrected chi connectivity index (χ0v) is 26.7. The molecule has 2 aliphatic heterocycles. The molecule has 7 atom stereocenters. The molecule has 1 saturated heterocycles. The number of halogens is 2. The van der Waals surface area contributed by atoms with Gasteiger partial charge in [0.1, 0.15) is 6.54 Å². The lowest BCUT2D eigenvalue weighted by atomic mass is 9.68. The molecule has 3 amide bonds. The third kappa shape index (κ3) is 4.64. The van der Waals surface area contributed by atoms with Crippen molar-refractivity contribution in [3.8, 4) is 0 Å². The number of amides is 3. The molecule has 6 unspecified atom stereocenters. The third-order valence-electron chi connectivity index (χ3n) is 9.70. The number of likely N-dealkylation sites (tertiary alicyclic amines) is 1. The van der Waals surface area contributed by atoms with Gasteiger partial charge in [0.25, 0.3) is 0 Å². The number of carbonyl (C=O) groups is 3. The molecule has 3 heterocycles. The normalized spacial score (nSPS) is 28.6. The maximum atomic E-state index is 13.8. The van der Waals surface area contributed by atoms with Gasteiger partial charge in [-0.2, -0.15) is 0 Å². The van der Waals surface area contributed by atoms with E-state index in [-0.39, 0.29) is 52.2 Å². The zero-order chi connectivity index (χ0) is 30.2. The number of benzene rings is 2. The second-order valence-corrected chi connectivity index (χ2v) is 14.7. The molecule has 0 spiro atoms. The first-order valence-corrected chi connectivity index (χ1v) is 17.0. The van der Waals surface area contributed by atoms with E-state index in [2.05, 4.69) is 53.3 Å². The first-order chi connectivity index (χ1) is 20.7. The predicted octanol–water partition coefficient (Wildman–Crippen LogP) is 5.70. The molecule has 8 nitrogen and oxygen atoms in total. The van der Waals surface area contributed by atoms with Crippen LogP contribution in [0.4, 0.5) is 11.4 Å². The van der Waals surface area contributed by atoms with Crippen molar-refractivity contribution in [3.05, 3.63) is 72.6 Å². The number of thioether (sulfide) groups is 1. The number of H-pyrrole nitrogens is 1. The number of carbonyl (C=O) groups excluding carboxylic acids is 3. The Balaban J connectivity index is 1.17. The number of rotatable bonds is 7. The first-order valence-electron chi connectivity index (χ1n) is 14.5. The molecule has 224 valence electrons. The minimum atomic E-state index is -0.467. The molecule has 2 saturated carbocycles. The molecule has 1 aromatic heterocycles. The van der Waals surface area contributed by atoms with Crippen LogP contribution in [-0.2, 0) is 14.4 Å². The SMILES string of the molecule is CCN(CC)c1ccc([C@H]2c3sc(=O)[nH]c3SC3C4CC(C5C(=O)N(CC(=O)Nc6ccc(Cl)c(Cl)c6)C(=O)C45)C32)cc1. The number of hydrogen-bond donors (Lipinski definition) is 2. The van der Waals surface area contributed by atoms with Gasteiger partial charge in [-0.1, -0.05) is 46.7 Å². The molecule has 3 aromatic rings. The highest BCUT2D eigenvalue weighted by Gasteiger charge is 2.69. The molecule has 7 rings (SSSR count). The van der Waals surface area contributed by atoms with Gasteiger partial charge in [0.2, 0.25) is 17.7 Å². The summed E-state index contributed by atoms with van der Waals surface area (Å²) < 4.78 is 0. The summed E-state index contributed by atoms with van der Waals surface area (Å²) >= 11 is 15.0. The summed E-state index contributed by atoms with van der Waals surface area (Å²) in [6.45, 7) is 5.75. The average Bonchev–Trinajstić information content (AvgIpc) is 3.72. The number of aromatic amines is 1. The summed E-state index contributed by atoms with van der Waals surface area (Å²) in [5, 5.41) is 4.37. The largest absolute Gasteiger partial charge is 0.372 e. The quantitative estimate of drug-likeness (QED) is 0.316. The molecule has 4 aliphatic rings. The lowest BCUT2D eigenvalue weighted by molar-refractivity contribution is -0.143. The van der Waals surface area contributed by atoms with Crippen molar-refractivity contribution >= 4 is 75.4 Å². The van der Waals surface area contributed by atoms with Crippen molar-refractivity contribution in [2.45, 2.75) is 36.5 Å². The number of nitrogens with one attached hydrogen (secondary N) is 2. The van der Waals surface area contributed by atoms with Crippen LogP contribution in [0.5, 0.6) is 0 Å². The van der Waals surface area contributed by atoms with E-state index in [1.807, 2.05) is 0 Å². The van der Waals surface area contributed by atoms with Crippen molar-refractivity contribution in [2.24, 2.45) is 29.6 Å². The molecule has 2 bridgehead atoms. The maximum Gasteiger partial charge on any atom is 0.305 e. The average molecular weight is 658 g/mol. The number of hydrogen-bond acceptors (Lipinski definition) is 7. The van der Waals surface area contributed by atoms with Gasteiger partial charge in [-0.15, -0.1) is 11.8 Å². The van der Waals surface area contributed by atoms with Crippen LogP contribution in [0.3, 0.4) is 0 Å². The molecule has 43 heavy (non-hydrogen) atoms. The van der Waals surface area contributed by atoms with Crippen molar-refractivity contribution in [3.63, 3.8) is 0 Å². The van der Waals surface area contributed by atoms with E-state index in [0.717, 1.165) is 45.6 Å². The van der Waals surface area contributed by atoms with Crippen LogP contribution in [0.1, 0.15) is 36.6 Å². The number of aromatic nitrogens is 1. The second kappa shape index (κ2) is 11.0. The summed E-state index contributed by atoms with van der Waals surface area (Å²) in [7, 11) is 0. The topological polar surface area (TPSA) is 103 Å². The Morgan fingerprint density at radius 2 is 1.70 bits per heavy atom. The summed E-state index contributed by atoms with van der Waals surface area (Å²) in [5.41, 5.74) is 2.72. The highest BCUT2D eigenvalue weighted by molar-refractivity contribution is 8.00. The predicted molar refractivity (Wildman–Crippen MR) is 170 cm³/mol. The van der Waals surface area contributed by atoms with E-state index in [1.54, 1.807) is 23.9 Å². The van der Waals surface area contributed by atoms with Crippen LogP contribution in [0, 0.1) is 29.6 Å². The zero-order valence-electron chi connectivity index (χ0n) is 23.5. The van der Waals surface area contributed by atoms with Crippen LogP contribution in [0.2, 0.25) is 10.0 Å². The third-order valence-corrected chi connectivity index (χ3v) is 13.0. The Bertz CT molecular complexity index is 1690. The first kappa shape index (κ1) is 29.0. The Hall–Kier alpha value is -2.79. The van der Waals surface area contributed by atoms with Crippen LogP contribution in [0.15, 0.2) is 52.3 Å². The molecule has 2 aliphatic carbocycles. The molecule has 0 radical (unpaired) electrons. The number of nitrogens with zero attached hydrogens (tertiary/aromatic N) is 2. The van der Waals surface area contributed by atoms with E-state index in [4.69, 9.17) is 23.2 Å². The maximum absolute atomic E-state index is 13.8. The van der Waals surface area contributed by atoms with Gasteiger partial charge in [0.15, 0.2) is 0 Å². The highest BCUT2D eigenvalue weighted by atomic mass is 35.5. The Morgan fingerprint density at radius 1 is 1.00 bits per heavy atom. The minimum absolute atomic E-state index is 0.00131. The fraction of sp³-hybridized carbons (Fsp3) is 0.419. The van der Waals surface area contributed by atoms with Crippen LogP contribution >= 0.6 is 46.3 Å². The Kier molecular flexibility index (Phi) is 7.39. The van der Waals surface area contributed by atoms with Gasteiger partial charge in [-0.3, -0.25) is 24.1 Å². The van der Waals surface area contributed by atoms with Crippen molar-refractivity contribution < 1.29 is 14.4 Å². The monoisotopic (exact) mass is 656 g/mol. The minimum Gasteiger partial charge on any atom is -0.372 e. The van der Waals surface area contributed by atoms with E-state index in [9.17, 15) is 19.2 Å². The van der Waals surface area contributed by atoms with Gasteiger partial charge < -0.3 is 15.2 Å². The molecular formula is C31H30Cl2N4O4S2. The molecule has 12 heteroatoms. The Morgan fingerprint density at radius 3 is 2.37 bits per heavy atom. The van der Waals surface area contributed by atoms with Crippen molar-refractivity contribution in [1.82, 2.24) is 9.88 Å². The van der Waals surface area contributed by atoms with Gasteiger partial charge in [-0.25, -0.2) is 0 Å². The van der Waals surface area contributed by atoms with Gasteiger partial charge in [-0.05, 0) is 73.9 Å². The molecule has 3 fully saturated rings. The van der Waals surface area contributed by atoms with E-state index < -0.39 is 17.7 Å². The van der Waals surface area contributed by atoms with E-state index in [1.165, 1.54) is 17.4 Å². The molecular weight excluding hydrogens is 627 g/mol. The standard InChI is InChI=1S/C31H30Cl2N4O4S2/c1-3-36(4-2)16-8-5-14(6-9-16)22-23-17-12-18(26(23)42-28-27(22)43-31(41)35-28)25-24(17)29(39)37(30(25)40)13-21(38)34-15-7-10-19(32)20(33)11-15/h5-11,17-18,22-26H,3-4,12-13H2,1-2H3,(H,34,38)(H,35,41)/t17?,18?,22-,23?,24?,25?,26?/m1/s1. The summed E-state index contributed by atoms with van der Waals surface area (Å²) in [6.07, 6.45) is 0.797. The van der Waals surface area contributed by atoms with Gasteiger partial charge in [0.05, 0.1) is 26.9 Å². The number of thiazole rings is 1. The molecule has 2 aromatic carbocycles. The lowest BCUT2D eigenvalue weighted by Crippen LogP contribution is -2.42. The molecule has 2 N–H and O–H groups in total. The highest BCUT2D eigenvalue weighted by Crippen LogP contribution is 2.68. The fourth-order valence-electron chi connectivity index (χ4n) is 8.01. The summed E-state index contributed by atoms with van der Waals surface area (Å²) in [6, 6.07) is 13.3. The number of imide groups is 1. The van der Waals surface area contributed by atoms with E-state index >= 15 is 0 Å².